The molecular weight excluding hydrogens is 204 g/mol. The van der Waals surface area contributed by atoms with Gasteiger partial charge >= 0.3 is 0 Å². The van der Waals surface area contributed by atoms with Crippen LogP contribution in [0.25, 0.3) is 10.1 Å². The maximum Gasteiger partial charge on any atom is 0.120 e. The summed E-state index contributed by atoms with van der Waals surface area (Å²) in [4.78, 5) is 0. The highest BCUT2D eigenvalue weighted by molar-refractivity contribution is 7.17. The monoisotopic (exact) mass is 212 g/mol. The zero-order valence-electron chi connectivity index (χ0n) is 7.21. The van der Waals surface area contributed by atoms with E-state index in [1.54, 1.807) is 11.3 Å². The number of thiophene rings is 1. The Hall–Kier alpha value is -0.730. The predicted molar refractivity (Wildman–Crippen MR) is 58.0 cm³/mol. The molecule has 0 aliphatic heterocycles. The molecule has 0 aliphatic carbocycles. The highest BCUT2D eigenvalue weighted by Gasteiger charge is 2.02. The Balaban J connectivity index is 2.50. The van der Waals surface area contributed by atoms with Crippen LogP contribution >= 0.6 is 22.9 Å². The summed E-state index contributed by atoms with van der Waals surface area (Å²) in [6, 6.07) is 5.97. The van der Waals surface area contributed by atoms with E-state index in [4.69, 9.17) is 16.3 Å². The van der Waals surface area contributed by atoms with Gasteiger partial charge in [0.15, 0.2) is 0 Å². The van der Waals surface area contributed by atoms with Crippen LogP contribution in [-0.4, -0.2) is 6.61 Å². The molecule has 1 nitrogen and oxygen atoms in total. The molecule has 1 aromatic heterocycles. The first-order valence-electron chi connectivity index (χ1n) is 4.11. The van der Waals surface area contributed by atoms with E-state index >= 15 is 0 Å². The standard InChI is InChI=1S/C10H9ClOS/c1-2-12-7-3-4-8-9(11)6-13-10(8)5-7/h3-6H,2H2,1H3. The van der Waals surface area contributed by atoms with Gasteiger partial charge in [0.2, 0.25) is 0 Å². The van der Waals surface area contributed by atoms with E-state index in [2.05, 4.69) is 0 Å². The molecule has 1 heterocycles. The van der Waals surface area contributed by atoms with E-state index in [9.17, 15) is 0 Å². The second-order valence-corrected chi connectivity index (χ2v) is 3.99. The Morgan fingerprint density at radius 3 is 3.08 bits per heavy atom. The van der Waals surface area contributed by atoms with Crippen LogP contribution in [0, 0.1) is 0 Å². The molecule has 1 aromatic carbocycles. The number of rotatable bonds is 2. The highest BCUT2D eigenvalue weighted by atomic mass is 35.5. The van der Waals surface area contributed by atoms with Crippen LogP contribution in [0.5, 0.6) is 5.75 Å². The van der Waals surface area contributed by atoms with Crippen LogP contribution in [0.2, 0.25) is 5.02 Å². The Bertz CT molecular complexity index is 422. The van der Waals surface area contributed by atoms with Gasteiger partial charge in [-0.2, -0.15) is 0 Å². The maximum atomic E-state index is 5.97. The molecule has 0 N–H and O–H groups in total. The second kappa shape index (κ2) is 3.56. The zero-order valence-corrected chi connectivity index (χ0v) is 8.78. The van der Waals surface area contributed by atoms with Gasteiger partial charge in [0.05, 0.1) is 11.6 Å². The van der Waals surface area contributed by atoms with Crippen molar-refractivity contribution in [2.75, 3.05) is 6.61 Å². The van der Waals surface area contributed by atoms with Crippen LogP contribution in [-0.2, 0) is 0 Å². The smallest absolute Gasteiger partial charge is 0.120 e. The molecule has 0 bridgehead atoms. The topological polar surface area (TPSA) is 9.23 Å². The molecule has 0 fully saturated rings. The lowest BCUT2D eigenvalue weighted by Gasteiger charge is -2.01. The Morgan fingerprint density at radius 2 is 2.31 bits per heavy atom. The molecule has 0 saturated carbocycles. The minimum absolute atomic E-state index is 0.699. The van der Waals surface area contributed by atoms with Gasteiger partial charge in [-0.3, -0.25) is 0 Å². The van der Waals surface area contributed by atoms with Gasteiger partial charge in [0.25, 0.3) is 0 Å². The molecule has 0 aliphatic rings. The molecule has 0 atom stereocenters. The summed E-state index contributed by atoms with van der Waals surface area (Å²) in [6.45, 7) is 2.68. The minimum Gasteiger partial charge on any atom is -0.494 e. The summed E-state index contributed by atoms with van der Waals surface area (Å²) in [7, 11) is 0. The molecule has 0 unspecified atom stereocenters. The zero-order chi connectivity index (χ0) is 9.26. The average Bonchev–Trinajstić information content (AvgIpc) is 2.48. The number of hydrogen-bond donors (Lipinski definition) is 0. The van der Waals surface area contributed by atoms with Gasteiger partial charge in [-0.1, -0.05) is 11.6 Å². The van der Waals surface area contributed by atoms with Gasteiger partial charge < -0.3 is 4.74 Å². The first-order valence-corrected chi connectivity index (χ1v) is 5.36. The van der Waals surface area contributed by atoms with Crippen molar-refractivity contribution in [1.82, 2.24) is 0 Å². The molecule has 0 saturated heterocycles. The first-order chi connectivity index (χ1) is 6.31. The lowest BCUT2D eigenvalue weighted by atomic mass is 10.2. The molecule has 0 radical (unpaired) electrons. The molecule has 68 valence electrons. The summed E-state index contributed by atoms with van der Waals surface area (Å²) in [6.07, 6.45) is 0. The third kappa shape index (κ3) is 1.64. The Labute approximate surface area is 85.9 Å². The van der Waals surface area contributed by atoms with Crippen molar-refractivity contribution in [2.24, 2.45) is 0 Å². The highest BCUT2D eigenvalue weighted by Crippen LogP contribution is 2.32. The average molecular weight is 213 g/mol. The van der Waals surface area contributed by atoms with Gasteiger partial charge in [-0.05, 0) is 25.1 Å². The Kier molecular flexibility index (Phi) is 2.42. The van der Waals surface area contributed by atoms with Gasteiger partial charge in [0, 0.05) is 15.5 Å². The summed E-state index contributed by atoms with van der Waals surface area (Å²) in [5, 5.41) is 3.88. The van der Waals surface area contributed by atoms with Crippen LogP contribution < -0.4 is 4.74 Å². The molecule has 3 heteroatoms. The molecule has 0 spiro atoms. The van der Waals surface area contributed by atoms with Gasteiger partial charge in [0.1, 0.15) is 5.75 Å². The lowest BCUT2D eigenvalue weighted by Crippen LogP contribution is -1.89. The van der Waals surface area contributed by atoms with Crippen molar-refractivity contribution in [3.8, 4) is 5.75 Å². The largest absolute Gasteiger partial charge is 0.494 e. The number of hydrogen-bond acceptors (Lipinski definition) is 2. The molecule has 13 heavy (non-hydrogen) atoms. The van der Waals surface area contributed by atoms with E-state index < -0.39 is 0 Å². The van der Waals surface area contributed by atoms with Gasteiger partial charge in [-0.25, -0.2) is 0 Å². The maximum absolute atomic E-state index is 5.97. The fourth-order valence-electron chi connectivity index (χ4n) is 1.23. The van der Waals surface area contributed by atoms with Crippen molar-refractivity contribution in [3.05, 3.63) is 28.6 Å². The van der Waals surface area contributed by atoms with E-state index in [-0.39, 0.29) is 0 Å². The van der Waals surface area contributed by atoms with E-state index in [1.807, 2.05) is 30.5 Å². The van der Waals surface area contributed by atoms with Crippen molar-refractivity contribution in [1.29, 1.82) is 0 Å². The summed E-state index contributed by atoms with van der Waals surface area (Å²) in [5.41, 5.74) is 0. The lowest BCUT2D eigenvalue weighted by molar-refractivity contribution is 0.341. The fourth-order valence-corrected chi connectivity index (χ4v) is 2.43. The summed E-state index contributed by atoms with van der Waals surface area (Å²) >= 11 is 7.61. The van der Waals surface area contributed by atoms with Gasteiger partial charge in [-0.15, -0.1) is 11.3 Å². The molecule has 0 amide bonds. The van der Waals surface area contributed by atoms with E-state index in [0.717, 1.165) is 16.2 Å². The van der Waals surface area contributed by atoms with E-state index in [1.165, 1.54) is 4.70 Å². The van der Waals surface area contributed by atoms with Crippen molar-refractivity contribution in [2.45, 2.75) is 6.92 Å². The molecule has 2 aromatic rings. The SMILES string of the molecule is CCOc1ccc2c(Cl)csc2c1. The van der Waals surface area contributed by atoms with Crippen molar-refractivity contribution in [3.63, 3.8) is 0 Å². The fraction of sp³-hybridized carbons (Fsp3) is 0.200. The number of benzene rings is 1. The normalized spacial score (nSPS) is 10.6. The van der Waals surface area contributed by atoms with Crippen LogP contribution in [0.4, 0.5) is 0 Å². The molecular formula is C10H9ClOS. The minimum atomic E-state index is 0.699. The third-order valence-corrected chi connectivity index (χ3v) is 3.20. The number of halogens is 1. The third-order valence-electron chi connectivity index (χ3n) is 1.81. The summed E-state index contributed by atoms with van der Waals surface area (Å²) in [5.74, 6) is 0.911. The van der Waals surface area contributed by atoms with Crippen molar-refractivity contribution < 1.29 is 4.74 Å². The predicted octanol–water partition coefficient (Wildman–Crippen LogP) is 3.95. The number of fused-ring (bicyclic) bond motifs is 1. The number of ether oxygens (including phenoxy) is 1. The molecule has 2 rings (SSSR count). The Morgan fingerprint density at radius 1 is 1.46 bits per heavy atom. The second-order valence-electron chi connectivity index (χ2n) is 2.67. The van der Waals surface area contributed by atoms with Crippen LogP contribution in [0.3, 0.4) is 0 Å². The van der Waals surface area contributed by atoms with Crippen LogP contribution in [0.1, 0.15) is 6.92 Å². The first kappa shape index (κ1) is 8.85. The van der Waals surface area contributed by atoms with E-state index in [0.29, 0.717) is 6.61 Å². The van der Waals surface area contributed by atoms with Crippen LogP contribution in [0.15, 0.2) is 23.6 Å². The van der Waals surface area contributed by atoms with Crippen molar-refractivity contribution >= 4 is 33.0 Å². The quantitative estimate of drug-likeness (QED) is 0.733. The summed E-state index contributed by atoms with van der Waals surface area (Å²) < 4.78 is 6.56.